The van der Waals surface area contributed by atoms with E-state index in [1.54, 1.807) is 68.1 Å². The third-order valence-electron chi connectivity index (χ3n) is 6.66. The van der Waals surface area contributed by atoms with Gasteiger partial charge in [-0.05, 0) is 51.7 Å². The number of aliphatic hydroxyl groups excluding tert-OH is 1. The molecule has 4 rings (SSSR count). The average Bonchev–Trinajstić information content (AvgIpc) is 2.84. The van der Waals surface area contributed by atoms with Crippen LogP contribution in [0.5, 0.6) is 5.75 Å². The summed E-state index contributed by atoms with van der Waals surface area (Å²) in [5.41, 5.74) is -0.249. The van der Waals surface area contributed by atoms with Crippen LogP contribution in [0, 0.1) is 5.82 Å². The molecular weight excluding hydrogens is 479 g/mol. The number of ether oxygens (including phenoxy) is 3. The van der Waals surface area contributed by atoms with Gasteiger partial charge in [-0.3, -0.25) is 4.79 Å². The van der Waals surface area contributed by atoms with E-state index in [-0.39, 0.29) is 38.8 Å². The summed E-state index contributed by atoms with van der Waals surface area (Å²) < 4.78 is 33.0. The van der Waals surface area contributed by atoms with Crippen LogP contribution in [0.15, 0.2) is 42.5 Å². The molecule has 9 heteroatoms. The number of halogens is 1. The number of benzene rings is 2. The second-order valence-electron chi connectivity index (χ2n) is 10.5. The SMILES string of the molecule is CC(C)(C)OC(=O)N1CCCC2(COCC(=O)N2)C1Cc1cccc(-c2ccccc2OCCO)c1F. The number of para-hydroxylation sites is 1. The second-order valence-corrected chi connectivity index (χ2v) is 10.5. The van der Waals surface area contributed by atoms with E-state index in [9.17, 15) is 9.59 Å². The summed E-state index contributed by atoms with van der Waals surface area (Å²) in [5, 5.41) is 12.2. The van der Waals surface area contributed by atoms with E-state index in [1.165, 1.54) is 0 Å². The highest BCUT2D eigenvalue weighted by Gasteiger charge is 2.50. The van der Waals surface area contributed by atoms with Crippen molar-refractivity contribution in [3.63, 3.8) is 0 Å². The van der Waals surface area contributed by atoms with Crippen molar-refractivity contribution >= 4 is 12.0 Å². The zero-order valence-corrected chi connectivity index (χ0v) is 21.6. The van der Waals surface area contributed by atoms with Crippen molar-refractivity contribution in [1.82, 2.24) is 10.2 Å². The number of hydrogen-bond donors (Lipinski definition) is 2. The first kappa shape index (κ1) is 26.9. The predicted octanol–water partition coefficient (Wildman–Crippen LogP) is 3.69. The summed E-state index contributed by atoms with van der Waals surface area (Å²) in [6.07, 6.45) is 0.900. The third-order valence-corrected chi connectivity index (χ3v) is 6.66. The number of hydrogen-bond acceptors (Lipinski definition) is 6. The highest BCUT2D eigenvalue weighted by molar-refractivity contribution is 5.79. The van der Waals surface area contributed by atoms with Gasteiger partial charge in [-0.1, -0.05) is 36.4 Å². The molecule has 0 saturated carbocycles. The molecule has 2 saturated heterocycles. The van der Waals surface area contributed by atoms with Crippen LogP contribution in [0.4, 0.5) is 9.18 Å². The molecule has 2 amide bonds. The molecule has 0 bridgehead atoms. The normalized spacial score (nSPS) is 22.0. The van der Waals surface area contributed by atoms with Crippen LogP contribution in [-0.4, -0.2) is 72.2 Å². The van der Waals surface area contributed by atoms with Crippen LogP contribution in [0.2, 0.25) is 0 Å². The summed E-state index contributed by atoms with van der Waals surface area (Å²) in [7, 11) is 0. The molecule has 8 nitrogen and oxygen atoms in total. The molecule has 2 atom stereocenters. The Balaban J connectivity index is 1.72. The van der Waals surface area contributed by atoms with Crippen molar-refractivity contribution in [3.8, 4) is 16.9 Å². The maximum atomic E-state index is 16.1. The first-order chi connectivity index (χ1) is 17.6. The second kappa shape index (κ2) is 11.1. The molecular formula is C28H35FN2O6. The number of amides is 2. The lowest BCUT2D eigenvalue weighted by Crippen LogP contribution is -2.71. The maximum Gasteiger partial charge on any atom is 0.410 e. The molecule has 0 aliphatic carbocycles. The number of carbonyl (C=O) groups excluding carboxylic acids is 2. The number of likely N-dealkylation sites (tertiary alicyclic amines) is 1. The first-order valence-electron chi connectivity index (χ1n) is 12.6. The third kappa shape index (κ3) is 6.05. The molecule has 0 aromatic heterocycles. The summed E-state index contributed by atoms with van der Waals surface area (Å²) >= 11 is 0. The molecule has 200 valence electrons. The molecule has 37 heavy (non-hydrogen) atoms. The molecule has 2 aromatic carbocycles. The van der Waals surface area contributed by atoms with E-state index in [4.69, 9.17) is 19.3 Å². The van der Waals surface area contributed by atoms with Gasteiger partial charge in [-0.15, -0.1) is 0 Å². The standard InChI is InChI=1S/C28H35FN2O6/c1-27(2,3)37-26(34)31-13-7-12-28(18-35-17-24(33)30-28)23(31)16-19-8-6-10-21(25(19)29)20-9-4-5-11-22(20)36-15-14-32/h4-6,8-11,23,32H,7,12-18H2,1-3H3,(H,30,33). The van der Waals surface area contributed by atoms with Crippen LogP contribution >= 0.6 is 0 Å². The van der Waals surface area contributed by atoms with Crippen molar-refractivity contribution < 1.29 is 33.3 Å². The fourth-order valence-corrected chi connectivity index (χ4v) is 5.14. The van der Waals surface area contributed by atoms with Crippen molar-refractivity contribution in [1.29, 1.82) is 0 Å². The quantitative estimate of drug-likeness (QED) is 0.610. The zero-order valence-electron chi connectivity index (χ0n) is 21.6. The van der Waals surface area contributed by atoms with Crippen LogP contribution < -0.4 is 10.1 Å². The Morgan fingerprint density at radius 1 is 1.22 bits per heavy atom. The highest BCUT2D eigenvalue weighted by atomic mass is 19.1. The topological polar surface area (TPSA) is 97.3 Å². The van der Waals surface area contributed by atoms with E-state index in [0.717, 1.165) is 0 Å². The Morgan fingerprint density at radius 3 is 2.70 bits per heavy atom. The minimum absolute atomic E-state index is 0.0463. The van der Waals surface area contributed by atoms with Crippen molar-refractivity contribution in [2.24, 2.45) is 0 Å². The smallest absolute Gasteiger partial charge is 0.410 e. The van der Waals surface area contributed by atoms with Crippen molar-refractivity contribution in [2.75, 3.05) is 33.0 Å². The Bertz CT molecular complexity index is 1130. The van der Waals surface area contributed by atoms with E-state index in [0.29, 0.717) is 41.8 Å². The van der Waals surface area contributed by atoms with E-state index >= 15 is 4.39 Å². The summed E-state index contributed by atoms with van der Waals surface area (Å²) in [5.74, 6) is -0.230. The fourth-order valence-electron chi connectivity index (χ4n) is 5.14. The van der Waals surface area contributed by atoms with Gasteiger partial charge in [0.1, 0.15) is 30.4 Å². The van der Waals surface area contributed by atoms with Crippen molar-refractivity contribution in [2.45, 2.75) is 57.2 Å². The minimum atomic E-state index is -0.852. The van der Waals surface area contributed by atoms with Crippen LogP contribution in [-0.2, 0) is 20.7 Å². The van der Waals surface area contributed by atoms with Gasteiger partial charge in [-0.2, -0.15) is 0 Å². The van der Waals surface area contributed by atoms with Gasteiger partial charge in [0.15, 0.2) is 0 Å². The molecule has 2 heterocycles. The molecule has 2 unspecified atom stereocenters. The fraction of sp³-hybridized carbons (Fsp3) is 0.500. The summed E-state index contributed by atoms with van der Waals surface area (Å²) in [4.78, 5) is 27.3. The summed E-state index contributed by atoms with van der Waals surface area (Å²) in [6.45, 7) is 5.93. The van der Waals surface area contributed by atoms with Crippen LogP contribution in [0.1, 0.15) is 39.2 Å². The number of piperidine rings is 1. The van der Waals surface area contributed by atoms with E-state index < -0.39 is 29.1 Å². The first-order valence-corrected chi connectivity index (χ1v) is 12.6. The number of morpholine rings is 1. The van der Waals surface area contributed by atoms with Gasteiger partial charge in [-0.25, -0.2) is 9.18 Å². The number of nitrogens with zero attached hydrogens (tertiary/aromatic N) is 1. The lowest BCUT2D eigenvalue weighted by atomic mass is 9.77. The van der Waals surface area contributed by atoms with E-state index in [1.807, 2.05) is 0 Å². The van der Waals surface area contributed by atoms with Gasteiger partial charge in [0.25, 0.3) is 0 Å². The molecule has 0 radical (unpaired) electrons. The Hall–Kier alpha value is -3.17. The summed E-state index contributed by atoms with van der Waals surface area (Å²) in [6, 6.07) is 11.6. The van der Waals surface area contributed by atoms with Crippen LogP contribution in [0.25, 0.3) is 11.1 Å². The molecule has 2 aromatic rings. The molecule has 2 fully saturated rings. The van der Waals surface area contributed by atoms with Gasteiger partial charge in [0.05, 0.1) is 24.8 Å². The Morgan fingerprint density at radius 2 is 1.97 bits per heavy atom. The van der Waals surface area contributed by atoms with Crippen LogP contribution in [0.3, 0.4) is 0 Å². The highest BCUT2D eigenvalue weighted by Crippen LogP contribution is 2.37. The average molecular weight is 515 g/mol. The largest absolute Gasteiger partial charge is 0.491 e. The molecule has 2 aliphatic rings. The lowest BCUT2D eigenvalue weighted by molar-refractivity contribution is -0.141. The van der Waals surface area contributed by atoms with E-state index in [2.05, 4.69) is 5.32 Å². The Labute approximate surface area is 216 Å². The monoisotopic (exact) mass is 514 g/mol. The van der Waals surface area contributed by atoms with Gasteiger partial charge < -0.3 is 29.5 Å². The molecule has 2 aliphatic heterocycles. The number of aliphatic hydroxyl groups is 1. The molecule has 1 spiro atoms. The maximum absolute atomic E-state index is 16.1. The molecule has 2 N–H and O–H groups in total. The van der Waals surface area contributed by atoms with Crippen molar-refractivity contribution in [3.05, 3.63) is 53.8 Å². The number of nitrogens with one attached hydrogen (secondary N) is 1. The Kier molecular flexibility index (Phi) is 8.04. The van der Waals surface area contributed by atoms with Gasteiger partial charge >= 0.3 is 6.09 Å². The lowest BCUT2D eigenvalue weighted by Gasteiger charge is -2.51. The zero-order chi connectivity index (χ0) is 26.6. The van der Waals surface area contributed by atoms with Gasteiger partial charge in [0, 0.05) is 17.7 Å². The van der Waals surface area contributed by atoms with Gasteiger partial charge in [0.2, 0.25) is 5.91 Å². The minimum Gasteiger partial charge on any atom is -0.491 e. The predicted molar refractivity (Wildman–Crippen MR) is 136 cm³/mol. The number of rotatable bonds is 6. The number of carbonyl (C=O) groups is 2.